The highest BCUT2D eigenvalue weighted by Gasteiger charge is 2.16. The maximum atomic E-state index is 10.6. The Morgan fingerprint density at radius 2 is 2.05 bits per heavy atom. The Labute approximate surface area is 119 Å². The van der Waals surface area contributed by atoms with Crippen LogP contribution in [-0.2, 0) is 17.8 Å². The van der Waals surface area contributed by atoms with Crippen molar-refractivity contribution in [3.8, 4) is 0 Å². The van der Waals surface area contributed by atoms with Gasteiger partial charge >= 0.3 is 5.97 Å². The molecule has 1 N–H and O–H groups in total. The van der Waals surface area contributed by atoms with Gasteiger partial charge in [0.05, 0.1) is 0 Å². The lowest BCUT2D eigenvalue weighted by Crippen LogP contribution is -2.05. The normalized spacial score (nSPS) is 16.0. The van der Waals surface area contributed by atoms with Crippen LogP contribution in [0.1, 0.15) is 37.7 Å². The van der Waals surface area contributed by atoms with Crippen molar-refractivity contribution in [3.05, 3.63) is 36.0 Å². The second kappa shape index (κ2) is 5.70. The maximum Gasteiger partial charge on any atom is 0.303 e. The minimum atomic E-state index is -0.732. The number of rotatable bonds is 5. The van der Waals surface area contributed by atoms with Crippen LogP contribution in [0.25, 0.3) is 10.9 Å². The Morgan fingerprint density at radius 1 is 1.25 bits per heavy atom. The van der Waals surface area contributed by atoms with E-state index in [1.807, 2.05) is 0 Å². The van der Waals surface area contributed by atoms with Gasteiger partial charge in [0.15, 0.2) is 0 Å². The second-order valence-electron chi connectivity index (χ2n) is 5.91. The summed E-state index contributed by atoms with van der Waals surface area (Å²) in [6, 6.07) is 8.48. The van der Waals surface area contributed by atoms with E-state index in [0.717, 1.165) is 18.0 Å². The minimum absolute atomic E-state index is 0.203. The molecule has 0 radical (unpaired) electrons. The van der Waals surface area contributed by atoms with Crippen LogP contribution in [0.4, 0.5) is 0 Å². The summed E-state index contributed by atoms with van der Waals surface area (Å²) in [5.74, 6) is 0.0983. The van der Waals surface area contributed by atoms with Gasteiger partial charge in [-0.3, -0.25) is 4.79 Å². The SMILES string of the molecule is O=C(O)CCc1ccc2c(ccn2CC2CCCC2)c1. The van der Waals surface area contributed by atoms with Gasteiger partial charge in [-0.2, -0.15) is 0 Å². The second-order valence-corrected chi connectivity index (χ2v) is 5.91. The van der Waals surface area contributed by atoms with Crippen molar-refractivity contribution >= 4 is 16.9 Å². The van der Waals surface area contributed by atoms with E-state index in [-0.39, 0.29) is 6.42 Å². The van der Waals surface area contributed by atoms with Crippen LogP contribution in [0.15, 0.2) is 30.5 Å². The summed E-state index contributed by atoms with van der Waals surface area (Å²) in [4.78, 5) is 10.6. The predicted molar refractivity (Wildman–Crippen MR) is 79.9 cm³/mol. The number of aryl methyl sites for hydroxylation is 1. The molecule has 0 saturated heterocycles. The highest BCUT2D eigenvalue weighted by atomic mass is 16.4. The average Bonchev–Trinajstić information content (AvgIpc) is 3.07. The quantitative estimate of drug-likeness (QED) is 0.897. The summed E-state index contributed by atoms with van der Waals surface area (Å²) < 4.78 is 2.35. The zero-order chi connectivity index (χ0) is 13.9. The van der Waals surface area contributed by atoms with E-state index in [9.17, 15) is 4.79 Å². The van der Waals surface area contributed by atoms with Crippen LogP contribution in [0.2, 0.25) is 0 Å². The van der Waals surface area contributed by atoms with Crippen molar-refractivity contribution in [2.75, 3.05) is 0 Å². The zero-order valence-electron chi connectivity index (χ0n) is 11.7. The molecule has 0 bridgehead atoms. The molecular formula is C17H21NO2. The molecule has 0 unspecified atom stereocenters. The summed E-state index contributed by atoms with van der Waals surface area (Å²) in [6.07, 6.45) is 8.45. The smallest absolute Gasteiger partial charge is 0.303 e. The fourth-order valence-electron chi connectivity index (χ4n) is 3.29. The summed E-state index contributed by atoms with van der Waals surface area (Å²) in [6.45, 7) is 1.12. The molecule has 1 aromatic carbocycles. The van der Waals surface area contributed by atoms with Gasteiger partial charge in [-0.1, -0.05) is 18.9 Å². The summed E-state index contributed by atoms with van der Waals surface area (Å²) in [5, 5.41) is 9.98. The van der Waals surface area contributed by atoms with Crippen molar-refractivity contribution in [1.29, 1.82) is 0 Å². The number of nitrogens with zero attached hydrogens (tertiary/aromatic N) is 1. The fraction of sp³-hybridized carbons (Fsp3) is 0.471. The van der Waals surface area contributed by atoms with E-state index < -0.39 is 5.97 Å². The predicted octanol–water partition coefficient (Wildman–Crippen LogP) is 3.85. The lowest BCUT2D eigenvalue weighted by molar-refractivity contribution is -0.136. The van der Waals surface area contributed by atoms with Crippen LogP contribution in [-0.4, -0.2) is 15.6 Å². The Morgan fingerprint density at radius 3 is 2.80 bits per heavy atom. The molecule has 2 aromatic rings. The average molecular weight is 271 g/mol. The molecule has 1 aliphatic carbocycles. The monoisotopic (exact) mass is 271 g/mol. The van der Waals surface area contributed by atoms with Gasteiger partial charge in [0, 0.05) is 24.7 Å². The molecule has 106 valence electrons. The first-order valence-electron chi connectivity index (χ1n) is 7.52. The third-order valence-corrected chi connectivity index (χ3v) is 4.39. The summed E-state index contributed by atoms with van der Waals surface area (Å²) in [5.41, 5.74) is 2.38. The highest BCUT2D eigenvalue weighted by molar-refractivity contribution is 5.81. The Bertz CT molecular complexity index is 608. The van der Waals surface area contributed by atoms with Crippen LogP contribution < -0.4 is 0 Å². The first kappa shape index (κ1) is 13.2. The van der Waals surface area contributed by atoms with Gasteiger partial charge in [-0.15, -0.1) is 0 Å². The number of hydrogen-bond acceptors (Lipinski definition) is 1. The number of hydrogen-bond donors (Lipinski definition) is 1. The number of aromatic nitrogens is 1. The third-order valence-electron chi connectivity index (χ3n) is 4.39. The summed E-state index contributed by atoms with van der Waals surface area (Å²) >= 11 is 0. The van der Waals surface area contributed by atoms with Gasteiger partial charge in [0.2, 0.25) is 0 Å². The number of carboxylic acid groups (broad SMARTS) is 1. The van der Waals surface area contributed by atoms with E-state index in [2.05, 4.69) is 35.0 Å². The highest BCUT2D eigenvalue weighted by Crippen LogP contribution is 2.28. The van der Waals surface area contributed by atoms with E-state index >= 15 is 0 Å². The molecule has 3 nitrogen and oxygen atoms in total. The van der Waals surface area contributed by atoms with Crippen molar-refractivity contribution in [3.63, 3.8) is 0 Å². The van der Waals surface area contributed by atoms with Crippen molar-refractivity contribution in [2.24, 2.45) is 5.92 Å². The molecule has 3 heteroatoms. The molecule has 0 spiro atoms. The Balaban J connectivity index is 1.77. The molecular weight excluding hydrogens is 250 g/mol. The molecule has 1 heterocycles. The topological polar surface area (TPSA) is 42.2 Å². The minimum Gasteiger partial charge on any atom is -0.481 e. The first-order valence-corrected chi connectivity index (χ1v) is 7.52. The molecule has 3 rings (SSSR count). The van der Waals surface area contributed by atoms with Crippen LogP contribution >= 0.6 is 0 Å². The standard InChI is InChI=1S/C17H21NO2/c19-17(20)8-6-13-5-7-16-15(11-13)9-10-18(16)12-14-3-1-2-4-14/h5,7,9-11,14H,1-4,6,8,12H2,(H,19,20). The Hall–Kier alpha value is -1.77. The van der Waals surface area contributed by atoms with Crippen LogP contribution in [0, 0.1) is 5.92 Å². The maximum absolute atomic E-state index is 10.6. The fourth-order valence-corrected chi connectivity index (χ4v) is 3.29. The van der Waals surface area contributed by atoms with Crippen LogP contribution in [0.5, 0.6) is 0 Å². The molecule has 1 aromatic heterocycles. The Kier molecular flexibility index (Phi) is 3.77. The number of carboxylic acids is 1. The molecule has 0 aliphatic heterocycles. The molecule has 1 saturated carbocycles. The van der Waals surface area contributed by atoms with E-state index in [1.54, 1.807) is 0 Å². The van der Waals surface area contributed by atoms with E-state index in [4.69, 9.17) is 5.11 Å². The van der Waals surface area contributed by atoms with Crippen LogP contribution in [0.3, 0.4) is 0 Å². The number of benzene rings is 1. The summed E-state index contributed by atoms with van der Waals surface area (Å²) in [7, 11) is 0. The van der Waals surface area contributed by atoms with Gasteiger partial charge in [-0.25, -0.2) is 0 Å². The molecule has 0 amide bonds. The van der Waals surface area contributed by atoms with Gasteiger partial charge < -0.3 is 9.67 Å². The van der Waals surface area contributed by atoms with Gasteiger partial charge in [-0.05, 0) is 54.3 Å². The largest absolute Gasteiger partial charge is 0.481 e. The molecule has 0 atom stereocenters. The van der Waals surface area contributed by atoms with Gasteiger partial charge in [0.25, 0.3) is 0 Å². The molecule has 20 heavy (non-hydrogen) atoms. The third kappa shape index (κ3) is 2.87. The van der Waals surface area contributed by atoms with Crippen molar-refractivity contribution in [2.45, 2.75) is 45.1 Å². The first-order chi connectivity index (χ1) is 9.72. The molecule has 1 fully saturated rings. The number of fused-ring (bicyclic) bond motifs is 1. The van der Waals surface area contributed by atoms with E-state index in [1.165, 1.54) is 36.6 Å². The lowest BCUT2D eigenvalue weighted by Gasteiger charge is -2.11. The lowest BCUT2D eigenvalue weighted by atomic mass is 10.1. The van der Waals surface area contributed by atoms with Crippen molar-refractivity contribution < 1.29 is 9.90 Å². The zero-order valence-corrected chi connectivity index (χ0v) is 11.7. The molecule has 1 aliphatic rings. The van der Waals surface area contributed by atoms with Gasteiger partial charge in [0.1, 0.15) is 0 Å². The number of carbonyl (C=O) groups is 1. The van der Waals surface area contributed by atoms with E-state index in [0.29, 0.717) is 6.42 Å². The number of aliphatic carboxylic acids is 1. The van der Waals surface area contributed by atoms with Crippen molar-refractivity contribution in [1.82, 2.24) is 4.57 Å².